The molecule has 0 aromatic heterocycles. The Labute approximate surface area is 319 Å². The number of para-hydroxylation sites is 1. The Kier molecular flexibility index (Phi) is 21.2. The number of rotatable bonds is 22. The number of amides is 3. The van der Waals surface area contributed by atoms with E-state index in [1.807, 2.05) is 0 Å². The summed E-state index contributed by atoms with van der Waals surface area (Å²) >= 11 is 0. The van der Waals surface area contributed by atoms with Gasteiger partial charge in [0.15, 0.2) is 0 Å². The first-order valence-corrected chi connectivity index (χ1v) is 17.9. The van der Waals surface area contributed by atoms with Gasteiger partial charge < -0.3 is 40.6 Å². The van der Waals surface area contributed by atoms with Crippen molar-refractivity contribution in [1.82, 2.24) is 26.1 Å². The fraction of sp³-hybridized carbons (Fsp3) is 0.629. The number of hydrogen-bond donors (Lipinski definition) is 8. The van der Waals surface area contributed by atoms with Crippen LogP contribution in [0, 0.1) is 0 Å². The fourth-order valence-electron chi connectivity index (χ4n) is 5.77. The van der Waals surface area contributed by atoms with Gasteiger partial charge in [-0.3, -0.25) is 29.7 Å². The third-order valence-corrected chi connectivity index (χ3v) is 8.75. The van der Waals surface area contributed by atoms with Gasteiger partial charge in [0.1, 0.15) is 42.9 Å². The molecule has 1 aromatic rings. The SMILES string of the molecule is O=C(O)CCCCCC/C=C\[C@H](O)N(O)CCCC[C@@H](NC(=O)[C@@H]1CO[C@@H](c2ccccc2O)N1)C(=O)OCCC(=O)N[C@@H]1CCCCN(O)C1=O.[Fe]. The number of carboxylic acid groups (broad SMARTS) is 1. The molecule has 0 radical (unpaired) electrons. The van der Waals surface area contributed by atoms with Gasteiger partial charge in [0.2, 0.25) is 11.8 Å². The quantitative estimate of drug-likeness (QED) is 0.0159. The molecule has 0 unspecified atom stereocenters. The molecule has 0 spiro atoms. The first kappa shape index (κ1) is 45.5. The van der Waals surface area contributed by atoms with Gasteiger partial charge in [-0.1, -0.05) is 37.1 Å². The van der Waals surface area contributed by atoms with Crippen LogP contribution in [0.1, 0.15) is 95.3 Å². The summed E-state index contributed by atoms with van der Waals surface area (Å²) in [5.41, 5.74) is 0.447. The van der Waals surface area contributed by atoms with Crippen LogP contribution in [-0.4, -0.2) is 116 Å². The summed E-state index contributed by atoms with van der Waals surface area (Å²) in [6, 6.07) is 3.66. The molecule has 8 N–H and O–H groups in total. The summed E-state index contributed by atoms with van der Waals surface area (Å²) in [5.74, 6) is -3.32. The Balaban J connectivity index is 0.00000972. The zero-order valence-corrected chi connectivity index (χ0v) is 30.8. The van der Waals surface area contributed by atoms with E-state index in [0.717, 1.165) is 24.3 Å². The van der Waals surface area contributed by atoms with Crippen LogP contribution in [-0.2, 0) is 50.5 Å². The summed E-state index contributed by atoms with van der Waals surface area (Å²) in [6.07, 6.45) is 7.24. The molecule has 3 rings (SSSR count). The third-order valence-electron chi connectivity index (χ3n) is 8.75. The number of aliphatic hydroxyl groups excluding tert-OH is 1. The molecule has 5 atom stereocenters. The Morgan fingerprint density at radius 3 is 2.58 bits per heavy atom. The molecular formula is C35H53FeN5O12. The van der Waals surface area contributed by atoms with E-state index in [1.54, 1.807) is 24.3 Å². The predicted octanol–water partition coefficient (Wildman–Crippen LogP) is 1.84. The monoisotopic (exact) mass is 791 g/mol. The van der Waals surface area contributed by atoms with Crippen molar-refractivity contribution in [3.63, 3.8) is 0 Å². The molecule has 18 heteroatoms. The maximum atomic E-state index is 13.2. The van der Waals surface area contributed by atoms with Crippen LogP contribution in [0.15, 0.2) is 36.4 Å². The fourth-order valence-corrected chi connectivity index (χ4v) is 5.77. The number of unbranched alkanes of at least 4 members (excludes halogenated alkanes) is 5. The Morgan fingerprint density at radius 1 is 1.08 bits per heavy atom. The number of hydroxylamine groups is 4. The van der Waals surface area contributed by atoms with E-state index in [2.05, 4.69) is 16.0 Å². The summed E-state index contributed by atoms with van der Waals surface area (Å²) < 4.78 is 11.0. The molecule has 53 heavy (non-hydrogen) atoms. The van der Waals surface area contributed by atoms with Gasteiger partial charge in [-0.05, 0) is 69.9 Å². The predicted molar refractivity (Wildman–Crippen MR) is 183 cm³/mol. The van der Waals surface area contributed by atoms with Crippen molar-refractivity contribution < 1.29 is 76.2 Å². The van der Waals surface area contributed by atoms with Crippen molar-refractivity contribution in [2.45, 2.75) is 114 Å². The first-order chi connectivity index (χ1) is 25.0. The molecule has 298 valence electrons. The van der Waals surface area contributed by atoms with E-state index >= 15 is 0 Å². The number of allylic oxidation sites excluding steroid dienone is 1. The summed E-state index contributed by atoms with van der Waals surface area (Å²) in [6.45, 7) is -0.122. The van der Waals surface area contributed by atoms with Crippen molar-refractivity contribution in [1.29, 1.82) is 0 Å². The minimum atomic E-state index is -1.25. The zero-order valence-electron chi connectivity index (χ0n) is 29.7. The van der Waals surface area contributed by atoms with Crippen molar-refractivity contribution in [3.8, 4) is 5.75 Å². The van der Waals surface area contributed by atoms with E-state index in [-0.39, 0.29) is 68.4 Å². The van der Waals surface area contributed by atoms with Crippen LogP contribution in [0.2, 0.25) is 0 Å². The number of ether oxygens (including phenoxy) is 2. The summed E-state index contributed by atoms with van der Waals surface area (Å²) in [5, 5.41) is 58.7. The van der Waals surface area contributed by atoms with Gasteiger partial charge in [-0.2, -0.15) is 5.06 Å². The average molecular weight is 792 g/mol. The zero-order chi connectivity index (χ0) is 37.9. The van der Waals surface area contributed by atoms with Crippen LogP contribution >= 0.6 is 0 Å². The normalized spacial score (nSPS) is 20.0. The van der Waals surface area contributed by atoms with Gasteiger partial charge >= 0.3 is 11.9 Å². The average Bonchev–Trinajstić information content (AvgIpc) is 3.55. The molecule has 0 saturated carbocycles. The Bertz CT molecular complexity index is 1350. The van der Waals surface area contributed by atoms with Crippen molar-refractivity contribution in [3.05, 3.63) is 42.0 Å². The molecule has 0 aliphatic carbocycles. The minimum Gasteiger partial charge on any atom is -0.508 e. The summed E-state index contributed by atoms with van der Waals surface area (Å²) in [4.78, 5) is 61.7. The number of phenolic OH excluding ortho intramolecular Hbond substituents is 1. The van der Waals surface area contributed by atoms with E-state index in [9.17, 15) is 44.6 Å². The summed E-state index contributed by atoms with van der Waals surface area (Å²) in [7, 11) is 0. The second-order valence-electron chi connectivity index (χ2n) is 12.9. The number of benzene rings is 1. The topological polar surface area (TPSA) is 248 Å². The number of hydrogen-bond acceptors (Lipinski definition) is 13. The maximum absolute atomic E-state index is 13.2. The number of esters is 1. The van der Waals surface area contributed by atoms with E-state index < -0.39 is 60.2 Å². The van der Waals surface area contributed by atoms with Crippen LogP contribution in [0.5, 0.6) is 5.75 Å². The van der Waals surface area contributed by atoms with Crippen molar-refractivity contribution in [2.24, 2.45) is 0 Å². The molecule has 3 amide bonds. The number of carbonyl (C=O) groups is 5. The smallest absolute Gasteiger partial charge is 0.328 e. The number of carbonyl (C=O) groups excluding carboxylic acids is 4. The first-order valence-electron chi connectivity index (χ1n) is 17.9. The third kappa shape index (κ3) is 16.5. The molecule has 2 saturated heterocycles. The van der Waals surface area contributed by atoms with E-state index in [1.165, 1.54) is 12.1 Å². The largest absolute Gasteiger partial charge is 0.508 e. The number of aliphatic hydroxyl groups is 1. The molecule has 2 aliphatic heterocycles. The van der Waals surface area contributed by atoms with Gasteiger partial charge in [0.05, 0.1) is 13.0 Å². The van der Waals surface area contributed by atoms with Gasteiger partial charge in [0, 0.05) is 42.1 Å². The van der Waals surface area contributed by atoms with Crippen LogP contribution in [0.4, 0.5) is 0 Å². The van der Waals surface area contributed by atoms with E-state index in [0.29, 0.717) is 55.6 Å². The molecular weight excluding hydrogens is 738 g/mol. The number of nitrogens with one attached hydrogen (secondary N) is 3. The molecule has 2 fully saturated rings. The molecule has 1 aromatic carbocycles. The van der Waals surface area contributed by atoms with Crippen LogP contribution in [0.3, 0.4) is 0 Å². The number of phenols is 1. The van der Waals surface area contributed by atoms with Crippen molar-refractivity contribution >= 4 is 29.7 Å². The van der Waals surface area contributed by atoms with Crippen molar-refractivity contribution in [2.75, 3.05) is 26.3 Å². The molecule has 17 nitrogen and oxygen atoms in total. The van der Waals surface area contributed by atoms with Crippen LogP contribution in [0.25, 0.3) is 0 Å². The number of aliphatic carboxylic acids is 1. The number of nitrogens with zero attached hydrogens (tertiary/aromatic N) is 2. The second kappa shape index (κ2) is 24.7. The van der Waals surface area contributed by atoms with Gasteiger partial charge in [-0.25, -0.2) is 9.86 Å². The maximum Gasteiger partial charge on any atom is 0.328 e. The van der Waals surface area contributed by atoms with Gasteiger partial charge in [0.25, 0.3) is 5.91 Å². The Hall–Kier alpha value is -3.61. The Morgan fingerprint density at radius 2 is 1.83 bits per heavy atom. The molecule has 2 aliphatic rings. The number of carboxylic acids is 1. The number of aromatic hydroxyl groups is 1. The van der Waals surface area contributed by atoms with E-state index in [4.69, 9.17) is 14.6 Å². The second-order valence-corrected chi connectivity index (χ2v) is 12.9. The molecule has 2 heterocycles. The van der Waals surface area contributed by atoms with Crippen LogP contribution < -0.4 is 16.0 Å². The minimum absolute atomic E-state index is 0. The van der Waals surface area contributed by atoms with Gasteiger partial charge in [-0.15, -0.1) is 0 Å². The molecule has 0 bridgehead atoms. The standard InChI is InChI=1S/C35H53N5O12.Fe/c41-28-16-8-7-13-24(28)33-38-27(23-52-33)32(46)37-26(35(48)51-22-19-29(42)36-25-14-9-12-21-40(50)34(25)47)15-10-11-20-39(49)30(43)17-5-3-1-2-4-6-18-31(44)45;/h5,7-8,13,16-17,25-27,30,33,38,41,43,49-50H,1-4,6,9-12,14-15,18-23H2,(H,36,42)(H,37,46)(H,44,45);/b17-5-;/t25-,26-,27+,30+,33+;/m1./s1.